The maximum Gasteiger partial charge on any atom is 0.417 e. The third-order valence-electron chi connectivity index (χ3n) is 3.75. The minimum Gasteiger partial charge on any atom is -0.465 e. The highest BCUT2D eigenvalue weighted by molar-refractivity contribution is 5.89. The van der Waals surface area contributed by atoms with E-state index in [-0.39, 0.29) is 22.6 Å². The Labute approximate surface area is 119 Å². The van der Waals surface area contributed by atoms with Gasteiger partial charge in [0, 0.05) is 0 Å². The van der Waals surface area contributed by atoms with Gasteiger partial charge in [-0.2, -0.15) is 0 Å². The summed E-state index contributed by atoms with van der Waals surface area (Å²) >= 11 is 0. The van der Waals surface area contributed by atoms with E-state index in [0.717, 1.165) is 0 Å². The van der Waals surface area contributed by atoms with Crippen LogP contribution in [-0.2, 0) is 0 Å². The summed E-state index contributed by atoms with van der Waals surface area (Å²) in [5.74, 6) is 0. The Balaban J connectivity index is 3.32. The van der Waals surface area contributed by atoms with E-state index < -0.39 is 36.0 Å². The van der Waals surface area contributed by atoms with Gasteiger partial charge in [-0.25, -0.2) is 29.0 Å². The van der Waals surface area contributed by atoms with Crippen molar-refractivity contribution in [1.82, 2.24) is 9.80 Å². The summed E-state index contributed by atoms with van der Waals surface area (Å²) in [6.07, 6.45) is -6.02. The standard InChI is InChI=1S/C11H16N2O8/c1-11(13(9(18)19)10(20)21)5-3-2-4-6(11)12(7(14)15)8(16)17/h6H,2-5H2,1H3,(H,14,15)(H,16,17)(H,18,19)(H,20,21). The van der Waals surface area contributed by atoms with Gasteiger partial charge in [0.1, 0.15) is 0 Å². The molecule has 0 heterocycles. The number of hydrogen-bond acceptors (Lipinski definition) is 4. The first-order chi connectivity index (χ1) is 9.62. The summed E-state index contributed by atoms with van der Waals surface area (Å²) in [5, 5.41) is 36.2. The molecule has 1 aliphatic rings. The molecule has 0 aromatic heterocycles. The highest BCUT2D eigenvalue weighted by atomic mass is 16.4. The molecule has 10 nitrogen and oxygen atoms in total. The highest BCUT2D eigenvalue weighted by Gasteiger charge is 2.52. The fourth-order valence-electron chi connectivity index (χ4n) is 2.83. The lowest BCUT2D eigenvalue weighted by Gasteiger charge is -2.47. The van der Waals surface area contributed by atoms with Gasteiger partial charge in [0.05, 0.1) is 11.6 Å². The summed E-state index contributed by atoms with van der Waals surface area (Å²) < 4.78 is 0. The van der Waals surface area contributed by atoms with E-state index in [1.165, 1.54) is 6.92 Å². The third kappa shape index (κ3) is 2.98. The Hall–Kier alpha value is -2.52. The van der Waals surface area contributed by atoms with Crippen molar-refractivity contribution in [1.29, 1.82) is 0 Å². The molecule has 0 radical (unpaired) electrons. The van der Waals surface area contributed by atoms with Crippen molar-refractivity contribution in [3.05, 3.63) is 0 Å². The normalized spacial score (nSPS) is 24.9. The van der Waals surface area contributed by atoms with E-state index in [1.54, 1.807) is 0 Å². The van der Waals surface area contributed by atoms with Crippen molar-refractivity contribution in [3.8, 4) is 0 Å². The molecule has 118 valence electrons. The van der Waals surface area contributed by atoms with Crippen LogP contribution in [0.3, 0.4) is 0 Å². The van der Waals surface area contributed by atoms with Gasteiger partial charge in [-0.15, -0.1) is 0 Å². The number of imide groups is 2. The number of rotatable bonds is 2. The number of carbonyl (C=O) groups is 4. The Kier molecular flexibility index (Phi) is 4.61. The minimum absolute atomic E-state index is 0.0489. The molecule has 0 aromatic rings. The van der Waals surface area contributed by atoms with Crippen molar-refractivity contribution in [2.75, 3.05) is 0 Å². The predicted octanol–water partition coefficient (Wildman–Crippen LogP) is 2.00. The van der Waals surface area contributed by atoms with Crippen LogP contribution in [0.1, 0.15) is 32.6 Å². The largest absolute Gasteiger partial charge is 0.465 e. The van der Waals surface area contributed by atoms with Crippen LogP contribution in [0, 0.1) is 0 Å². The molecule has 0 bridgehead atoms. The Bertz CT molecular complexity index is 451. The lowest BCUT2D eigenvalue weighted by atomic mass is 9.77. The van der Waals surface area contributed by atoms with Gasteiger partial charge in [-0.3, -0.25) is 0 Å². The van der Waals surface area contributed by atoms with Crippen molar-refractivity contribution in [3.63, 3.8) is 0 Å². The first-order valence-electron chi connectivity index (χ1n) is 6.14. The molecule has 10 heteroatoms. The molecular formula is C11H16N2O8. The second-order valence-electron chi connectivity index (χ2n) is 4.95. The van der Waals surface area contributed by atoms with Crippen LogP contribution in [-0.4, -0.2) is 66.2 Å². The van der Waals surface area contributed by atoms with E-state index in [4.69, 9.17) is 20.4 Å². The van der Waals surface area contributed by atoms with Gasteiger partial charge in [-0.1, -0.05) is 12.8 Å². The fraction of sp³-hybridized carbons (Fsp3) is 0.636. The van der Waals surface area contributed by atoms with Crippen molar-refractivity contribution in [2.45, 2.75) is 44.2 Å². The molecule has 0 saturated heterocycles. The SMILES string of the molecule is CC1(N(C(=O)O)C(=O)O)CCCCC1N(C(=O)O)C(=O)O. The zero-order valence-corrected chi connectivity index (χ0v) is 11.2. The molecule has 1 rings (SSSR count). The number of hydrogen-bond donors (Lipinski definition) is 4. The van der Waals surface area contributed by atoms with Crippen LogP contribution < -0.4 is 0 Å². The zero-order valence-electron chi connectivity index (χ0n) is 11.2. The second kappa shape index (κ2) is 5.85. The zero-order chi connectivity index (χ0) is 16.4. The van der Waals surface area contributed by atoms with Gasteiger partial charge in [0.25, 0.3) is 0 Å². The number of carboxylic acid groups (broad SMARTS) is 4. The summed E-state index contributed by atoms with van der Waals surface area (Å²) in [4.78, 5) is 44.8. The van der Waals surface area contributed by atoms with Crippen LogP contribution in [0.25, 0.3) is 0 Å². The number of amides is 4. The lowest BCUT2D eigenvalue weighted by molar-refractivity contribution is 0.00297. The molecule has 0 aliphatic heterocycles. The van der Waals surface area contributed by atoms with E-state index in [1.807, 2.05) is 0 Å². The fourth-order valence-corrected chi connectivity index (χ4v) is 2.83. The summed E-state index contributed by atoms with van der Waals surface area (Å²) in [6.45, 7) is 1.25. The molecule has 4 N–H and O–H groups in total. The molecule has 1 fully saturated rings. The van der Waals surface area contributed by atoms with Crippen LogP contribution in [0.4, 0.5) is 19.2 Å². The monoisotopic (exact) mass is 304 g/mol. The van der Waals surface area contributed by atoms with E-state index in [2.05, 4.69) is 0 Å². The van der Waals surface area contributed by atoms with Crippen LogP contribution in [0.2, 0.25) is 0 Å². The van der Waals surface area contributed by atoms with Gasteiger partial charge in [0.2, 0.25) is 0 Å². The maximum atomic E-state index is 11.2. The van der Waals surface area contributed by atoms with E-state index >= 15 is 0 Å². The van der Waals surface area contributed by atoms with Crippen molar-refractivity contribution < 1.29 is 39.6 Å². The second-order valence-corrected chi connectivity index (χ2v) is 4.95. The van der Waals surface area contributed by atoms with Crippen molar-refractivity contribution >= 4 is 24.4 Å². The van der Waals surface area contributed by atoms with Gasteiger partial charge >= 0.3 is 24.4 Å². The van der Waals surface area contributed by atoms with Crippen LogP contribution >= 0.6 is 0 Å². The van der Waals surface area contributed by atoms with Gasteiger partial charge in [-0.05, 0) is 19.8 Å². The smallest absolute Gasteiger partial charge is 0.417 e. The Morgan fingerprint density at radius 2 is 1.38 bits per heavy atom. The summed E-state index contributed by atoms with van der Waals surface area (Å²) in [6, 6.07) is -1.28. The van der Waals surface area contributed by atoms with Gasteiger partial charge < -0.3 is 20.4 Å². The highest BCUT2D eigenvalue weighted by Crippen LogP contribution is 2.37. The predicted molar refractivity (Wildman–Crippen MR) is 66.4 cm³/mol. The van der Waals surface area contributed by atoms with Crippen LogP contribution in [0.15, 0.2) is 0 Å². The average Bonchev–Trinajstić information content (AvgIpc) is 2.29. The molecule has 0 spiro atoms. The average molecular weight is 304 g/mol. The summed E-state index contributed by atoms with van der Waals surface area (Å²) in [7, 11) is 0. The Morgan fingerprint density at radius 1 is 0.905 bits per heavy atom. The maximum absolute atomic E-state index is 11.2. The van der Waals surface area contributed by atoms with E-state index in [0.29, 0.717) is 12.8 Å². The lowest BCUT2D eigenvalue weighted by Crippen LogP contribution is -2.66. The Morgan fingerprint density at radius 3 is 1.76 bits per heavy atom. The molecule has 2 unspecified atom stereocenters. The quantitative estimate of drug-likeness (QED) is 0.603. The first kappa shape index (κ1) is 16.5. The van der Waals surface area contributed by atoms with Crippen molar-refractivity contribution in [2.24, 2.45) is 0 Å². The molecule has 1 saturated carbocycles. The number of nitrogens with zero attached hydrogens (tertiary/aromatic N) is 2. The van der Waals surface area contributed by atoms with Gasteiger partial charge in [0.15, 0.2) is 0 Å². The molecule has 1 aliphatic carbocycles. The van der Waals surface area contributed by atoms with E-state index in [9.17, 15) is 19.2 Å². The first-order valence-corrected chi connectivity index (χ1v) is 6.14. The van der Waals surface area contributed by atoms with Crippen LogP contribution in [0.5, 0.6) is 0 Å². The molecular weight excluding hydrogens is 288 g/mol. The molecule has 4 amide bonds. The topological polar surface area (TPSA) is 156 Å². The third-order valence-corrected chi connectivity index (χ3v) is 3.75. The molecule has 2 atom stereocenters. The summed E-state index contributed by atoms with van der Waals surface area (Å²) in [5.41, 5.74) is -1.66. The molecule has 21 heavy (non-hydrogen) atoms. The molecule has 0 aromatic carbocycles. The minimum atomic E-state index is -1.77.